The van der Waals surface area contributed by atoms with Crippen LogP contribution in [-0.2, 0) is 12.8 Å². The molecule has 1 atom stereocenters. The zero-order valence-corrected chi connectivity index (χ0v) is 12.4. The molecular weight excluding hydrogens is 278 g/mol. The minimum absolute atomic E-state index is 0.0370. The largest absolute Gasteiger partial charge is 0.508 e. The number of benzene rings is 1. The number of aromatic hydroxyl groups is 1. The van der Waals surface area contributed by atoms with Crippen molar-refractivity contribution in [3.8, 4) is 5.75 Å². The lowest BCUT2D eigenvalue weighted by Gasteiger charge is -2.24. The Kier molecular flexibility index (Phi) is 3.13. The van der Waals surface area contributed by atoms with E-state index in [2.05, 4.69) is 10.2 Å². The average molecular weight is 297 g/mol. The summed E-state index contributed by atoms with van der Waals surface area (Å²) in [6.45, 7) is 0.770. The number of hydrogen-bond acceptors (Lipinski definition) is 3. The number of aryl methyl sites for hydroxylation is 1. The maximum atomic E-state index is 12.9. The number of rotatable bonds is 2. The first-order valence-electron chi connectivity index (χ1n) is 7.90. The third kappa shape index (κ3) is 2.08. The Labute approximate surface area is 129 Å². The Hall–Kier alpha value is -2.30. The van der Waals surface area contributed by atoms with Crippen molar-refractivity contribution in [1.29, 1.82) is 0 Å². The van der Waals surface area contributed by atoms with Gasteiger partial charge in [0.25, 0.3) is 5.91 Å². The van der Waals surface area contributed by atoms with Crippen LogP contribution in [0.15, 0.2) is 24.3 Å². The van der Waals surface area contributed by atoms with Crippen LogP contribution in [0.2, 0.25) is 0 Å². The van der Waals surface area contributed by atoms with Crippen molar-refractivity contribution in [3.63, 3.8) is 0 Å². The molecule has 0 unspecified atom stereocenters. The summed E-state index contributed by atoms with van der Waals surface area (Å²) >= 11 is 0. The zero-order chi connectivity index (χ0) is 15.1. The lowest BCUT2D eigenvalue weighted by molar-refractivity contribution is 0.0728. The van der Waals surface area contributed by atoms with Crippen molar-refractivity contribution >= 4 is 5.91 Å². The highest BCUT2D eigenvalue weighted by Crippen LogP contribution is 2.34. The molecule has 2 heterocycles. The molecule has 0 radical (unpaired) electrons. The van der Waals surface area contributed by atoms with E-state index in [4.69, 9.17) is 0 Å². The minimum atomic E-state index is 0.0370. The van der Waals surface area contributed by atoms with Gasteiger partial charge >= 0.3 is 0 Å². The molecule has 1 saturated heterocycles. The number of carbonyl (C=O) groups is 1. The van der Waals surface area contributed by atoms with Gasteiger partial charge in [-0.05, 0) is 49.8 Å². The fraction of sp³-hybridized carbons (Fsp3) is 0.412. The molecule has 4 rings (SSSR count). The lowest BCUT2D eigenvalue weighted by Crippen LogP contribution is -2.31. The molecule has 0 saturated carbocycles. The smallest absolute Gasteiger partial charge is 0.275 e. The number of carbonyl (C=O) groups excluding carboxylic acids is 1. The van der Waals surface area contributed by atoms with Gasteiger partial charge in [0.05, 0.1) is 6.04 Å². The van der Waals surface area contributed by atoms with Gasteiger partial charge in [-0.2, -0.15) is 5.10 Å². The van der Waals surface area contributed by atoms with Crippen LogP contribution >= 0.6 is 0 Å². The standard InChI is InChI=1S/C17H19N3O2/c21-12-8-6-11(7-9-12)15-5-2-10-20(15)17(22)16-13-3-1-4-14(13)18-19-16/h6-9,15,21H,1-5,10H2,(H,18,19)/t15-/m0/s1. The Morgan fingerprint density at radius 1 is 1.23 bits per heavy atom. The fourth-order valence-corrected chi connectivity index (χ4v) is 3.69. The Bertz CT molecular complexity index is 705. The van der Waals surface area contributed by atoms with E-state index in [9.17, 15) is 9.90 Å². The monoisotopic (exact) mass is 297 g/mol. The van der Waals surface area contributed by atoms with Gasteiger partial charge in [-0.1, -0.05) is 12.1 Å². The van der Waals surface area contributed by atoms with Crippen molar-refractivity contribution in [2.45, 2.75) is 38.1 Å². The summed E-state index contributed by atoms with van der Waals surface area (Å²) in [5.41, 5.74) is 3.93. The summed E-state index contributed by atoms with van der Waals surface area (Å²) in [7, 11) is 0. The van der Waals surface area contributed by atoms with Crippen LogP contribution < -0.4 is 0 Å². The maximum absolute atomic E-state index is 12.9. The Balaban J connectivity index is 1.63. The molecule has 2 aliphatic rings. The first-order valence-corrected chi connectivity index (χ1v) is 7.90. The Morgan fingerprint density at radius 2 is 2.05 bits per heavy atom. The molecular formula is C17H19N3O2. The molecule has 1 aromatic heterocycles. The number of hydrogen-bond donors (Lipinski definition) is 2. The van der Waals surface area contributed by atoms with Gasteiger partial charge in [-0.25, -0.2) is 0 Å². The van der Waals surface area contributed by atoms with Gasteiger partial charge in [0.15, 0.2) is 5.69 Å². The van der Waals surface area contributed by atoms with Crippen molar-refractivity contribution < 1.29 is 9.90 Å². The fourth-order valence-electron chi connectivity index (χ4n) is 3.69. The summed E-state index contributed by atoms with van der Waals surface area (Å²) in [4.78, 5) is 14.8. The van der Waals surface area contributed by atoms with Crippen LogP contribution in [0.4, 0.5) is 0 Å². The van der Waals surface area contributed by atoms with E-state index in [1.54, 1.807) is 12.1 Å². The highest BCUT2D eigenvalue weighted by atomic mass is 16.3. The zero-order valence-electron chi connectivity index (χ0n) is 12.4. The second-order valence-electron chi connectivity index (χ2n) is 6.13. The summed E-state index contributed by atoms with van der Waals surface area (Å²) in [5.74, 6) is 0.291. The van der Waals surface area contributed by atoms with Gasteiger partial charge in [-0.3, -0.25) is 9.89 Å². The lowest BCUT2D eigenvalue weighted by atomic mass is 10.0. The van der Waals surface area contributed by atoms with E-state index in [1.807, 2.05) is 17.0 Å². The topological polar surface area (TPSA) is 69.2 Å². The van der Waals surface area contributed by atoms with Crippen molar-refractivity contribution in [2.24, 2.45) is 0 Å². The van der Waals surface area contributed by atoms with E-state index >= 15 is 0 Å². The summed E-state index contributed by atoms with van der Waals surface area (Å²) in [6.07, 6.45) is 5.01. The van der Waals surface area contributed by atoms with E-state index in [0.717, 1.165) is 55.5 Å². The molecule has 5 heteroatoms. The van der Waals surface area contributed by atoms with Gasteiger partial charge < -0.3 is 10.0 Å². The quantitative estimate of drug-likeness (QED) is 0.895. The summed E-state index contributed by atoms with van der Waals surface area (Å²) in [5, 5.41) is 16.7. The molecule has 1 fully saturated rings. The first-order chi connectivity index (χ1) is 10.7. The van der Waals surface area contributed by atoms with Gasteiger partial charge in [0.2, 0.25) is 0 Å². The number of aromatic amines is 1. The molecule has 0 bridgehead atoms. The van der Waals surface area contributed by atoms with Gasteiger partial charge in [0, 0.05) is 17.8 Å². The Morgan fingerprint density at radius 3 is 2.86 bits per heavy atom. The van der Waals surface area contributed by atoms with Crippen molar-refractivity contribution in [1.82, 2.24) is 15.1 Å². The highest BCUT2D eigenvalue weighted by Gasteiger charge is 2.34. The van der Waals surface area contributed by atoms with Crippen LogP contribution in [0.1, 0.15) is 52.6 Å². The van der Waals surface area contributed by atoms with Crippen LogP contribution in [0.3, 0.4) is 0 Å². The molecule has 1 amide bonds. The molecule has 1 aliphatic carbocycles. The molecule has 1 aromatic carbocycles. The number of phenols is 1. The molecule has 5 nitrogen and oxygen atoms in total. The molecule has 1 aliphatic heterocycles. The number of likely N-dealkylation sites (tertiary alicyclic amines) is 1. The minimum Gasteiger partial charge on any atom is -0.508 e. The number of nitrogens with zero attached hydrogens (tertiary/aromatic N) is 2. The van der Waals surface area contributed by atoms with E-state index in [0.29, 0.717) is 5.69 Å². The molecule has 2 aromatic rings. The summed E-state index contributed by atoms with van der Waals surface area (Å²) in [6, 6.07) is 7.26. The number of nitrogens with one attached hydrogen (secondary N) is 1. The van der Waals surface area contributed by atoms with Crippen molar-refractivity contribution in [2.75, 3.05) is 6.54 Å². The summed E-state index contributed by atoms with van der Waals surface area (Å²) < 4.78 is 0. The molecule has 2 N–H and O–H groups in total. The predicted molar refractivity (Wildman–Crippen MR) is 81.7 cm³/mol. The molecule has 22 heavy (non-hydrogen) atoms. The van der Waals surface area contributed by atoms with Crippen LogP contribution in [0.25, 0.3) is 0 Å². The average Bonchev–Trinajstić information content (AvgIpc) is 3.23. The van der Waals surface area contributed by atoms with Crippen molar-refractivity contribution in [3.05, 3.63) is 46.8 Å². The predicted octanol–water partition coefficient (Wildman–Crippen LogP) is 2.58. The van der Waals surface area contributed by atoms with Crippen LogP contribution in [0, 0.1) is 0 Å². The number of aromatic nitrogens is 2. The van der Waals surface area contributed by atoms with Crippen LogP contribution in [0.5, 0.6) is 5.75 Å². The van der Waals surface area contributed by atoms with Crippen LogP contribution in [-0.4, -0.2) is 32.7 Å². The highest BCUT2D eigenvalue weighted by molar-refractivity contribution is 5.94. The number of H-pyrrole nitrogens is 1. The second kappa shape index (κ2) is 5.16. The second-order valence-corrected chi connectivity index (χ2v) is 6.13. The van der Waals surface area contributed by atoms with E-state index < -0.39 is 0 Å². The third-order valence-electron chi connectivity index (χ3n) is 4.80. The third-order valence-corrected chi connectivity index (χ3v) is 4.80. The molecule has 114 valence electrons. The van der Waals surface area contributed by atoms with E-state index in [1.165, 1.54) is 0 Å². The normalized spacial score (nSPS) is 20.4. The number of phenolic OH excluding ortho intramolecular Hbond substituents is 1. The van der Waals surface area contributed by atoms with Gasteiger partial charge in [0.1, 0.15) is 5.75 Å². The first kappa shape index (κ1) is 13.4. The number of amides is 1. The van der Waals surface area contributed by atoms with E-state index in [-0.39, 0.29) is 17.7 Å². The number of fused-ring (bicyclic) bond motifs is 1. The van der Waals surface area contributed by atoms with Gasteiger partial charge in [-0.15, -0.1) is 0 Å². The maximum Gasteiger partial charge on any atom is 0.275 e. The SMILES string of the molecule is O=C(c1n[nH]c2c1CCC2)N1CCC[C@H]1c1ccc(O)cc1. The molecule has 0 spiro atoms.